The van der Waals surface area contributed by atoms with Crippen LogP contribution in [-0.2, 0) is 6.42 Å². The number of allylic oxidation sites excluding steroid dienone is 1. The van der Waals surface area contributed by atoms with Gasteiger partial charge in [-0.15, -0.1) is 0 Å². The van der Waals surface area contributed by atoms with Crippen molar-refractivity contribution in [1.29, 1.82) is 0 Å². The molecule has 1 aromatic carbocycles. The number of fused-ring (bicyclic) bond motifs is 1. The Morgan fingerprint density at radius 2 is 2.16 bits per heavy atom. The largest absolute Gasteiger partial charge is 0.478 e. The molecule has 2 aromatic rings. The summed E-state index contributed by atoms with van der Waals surface area (Å²) in [6, 6.07) is 5.30. The number of hydrogen-bond donors (Lipinski definition) is 1. The first-order valence-electron chi connectivity index (χ1n) is 5.79. The van der Waals surface area contributed by atoms with Gasteiger partial charge in [-0.2, -0.15) is 0 Å². The van der Waals surface area contributed by atoms with E-state index in [0.29, 0.717) is 5.56 Å². The summed E-state index contributed by atoms with van der Waals surface area (Å²) in [6.45, 7) is 0. The fraction of sp³-hybridized carbons (Fsp3) is 0.143. The van der Waals surface area contributed by atoms with Gasteiger partial charge < -0.3 is 9.67 Å². The first-order chi connectivity index (χ1) is 8.74. The molecule has 1 N–H and O–H groups in total. The Balaban J connectivity index is 0.00000133. The van der Waals surface area contributed by atoms with Crippen LogP contribution < -0.4 is 0 Å². The summed E-state index contributed by atoms with van der Waals surface area (Å²) in [5, 5.41) is 9.00. The fourth-order valence-electron chi connectivity index (χ4n) is 2.24. The maximum Gasteiger partial charge on any atom is 0.335 e. The molecule has 0 fully saturated rings. The SMILES string of the molecule is O=C(O)c1ccc2c(c1)C=C(n1ccnc1)CC2.[Na]. The van der Waals surface area contributed by atoms with Gasteiger partial charge in [-0.25, -0.2) is 9.78 Å². The average Bonchev–Trinajstić information content (AvgIpc) is 2.91. The molecule has 1 aliphatic rings. The second kappa shape index (κ2) is 5.74. The number of benzene rings is 1. The molecule has 0 saturated heterocycles. The number of carboxylic acids is 1. The maximum absolute atomic E-state index is 11.0. The molecule has 3 rings (SSSR count). The second-order valence-corrected chi connectivity index (χ2v) is 4.32. The first kappa shape index (κ1) is 14.1. The fourth-order valence-corrected chi connectivity index (χ4v) is 2.24. The zero-order valence-corrected chi connectivity index (χ0v) is 12.7. The summed E-state index contributed by atoms with van der Waals surface area (Å²) < 4.78 is 1.97. The van der Waals surface area contributed by atoms with Gasteiger partial charge in [0.25, 0.3) is 0 Å². The molecule has 91 valence electrons. The minimum Gasteiger partial charge on any atom is -0.478 e. The third kappa shape index (κ3) is 2.81. The van der Waals surface area contributed by atoms with E-state index < -0.39 is 5.97 Å². The Bertz CT molecular complexity index is 633. The van der Waals surface area contributed by atoms with Gasteiger partial charge in [0, 0.05) is 47.6 Å². The van der Waals surface area contributed by atoms with Crippen molar-refractivity contribution in [2.45, 2.75) is 12.8 Å². The Hall–Kier alpha value is -1.36. The third-order valence-electron chi connectivity index (χ3n) is 3.20. The standard InChI is InChI=1S/C14H12N2O2.Na/c17-14(18)11-2-1-10-3-4-13(8-12(10)7-11)16-6-5-15-9-16;/h1-2,5-9H,3-4H2,(H,17,18);. The van der Waals surface area contributed by atoms with Crippen LogP contribution >= 0.6 is 0 Å². The molecule has 5 heteroatoms. The molecule has 0 aliphatic heterocycles. The number of aromatic carboxylic acids is 1. The summed E-state index contributed by atoms with van der Waals surface area (Å²) in [6.07, 6.45) is 9.31. The van der Waals surface area contributed by atoms with Gasteiger partial charge in [0.15, 0.2) is 0 Å². The molecule has 1 aromatic heterocycles. The Morgan fingerprint density at radius 3 is 2.84 bits per heavy atom. The van der Waals surface area contributed by atoms with Crippen LogP contribution in [0.3, 0.4) is 0 Å². The van der Waals surface area contributed by atoms with E-state index in [1.54, 1.807) is 24.7 Å². The molecule has 1 radical (unpaired) electrons. The van der Waals surface area contributed by atoms with Gasteiger partial charge in [0.1, 0.15) is 0 Å². The summed E-state index contributed by atoms with van der Waals surface area (Å²) in [5.74, 6) is -0.888. The summed E-state index contributed by atoms with van der Waals surface area (Å²) in [7, 11) is 0. The Kier molecular flexibility index (Phi) is 4.24. The van der Waals surface area contributed by atoms with Crippen LogP contribution in [0, 0.1) is 0 Å². The van der Waals surface area contributed by atoms with Gasteiger partial charge in [0.2, 0.25) is 0 Å². The average molecular weight is 263 g/mol. The summed E-state index contributed by atoms with van der Waals surface area (Å²) in [4.78, 5) is 15.0. The third-order valence-corrected chi connectivity index (χ3v) is 3.20. The van der Waals surface area contributed by atoms with Crippen molar-refractivity contribution in [2.75, 3.05) is 0 Å². The molecule has 0 unspecified atom stereocenters. The smallest absolute Gasteiger partial charge is 0.335 e. The number of aromatic nitrogens is 2. The number of rotatable bonds is 2. The van der Waals surface area contributed by atoms with Crippen molar-refractivity contribution in [3.8, 4) is 0 Å². The van der Waals surface area contributed by atoms with Gasteiger partial charge in [0.05, 0.1) is 11.9 Å². The Labute approximate surface area is 133 Å². The van der Waals surface area contributed by atoms with Crippen LogP contribution in [0.15, 0.2) is 36.9 Å². The first-order valence-corrected chi connectivity index (χ1v) is 5.79. The minimum absolute atomic E-state index is 0. The minimum atomic E-state index is -0.888. The van der Waals surface area contributed by atoms with E-state index in [0.717, 1.165) is 24.1 Å². The van der Waals surface area contributed by atoms with E-state index in [-0.39, 0.29) is 29.6 Å². The van der Waals surface area contributed by atoms with Crippen molar-refractivity contribution < 1.29 is 9.90 Å². The van der Waals surface area contributed by atoms with Gasteiger partial charge >= 0.3 is 5.97 Å². The van der Waals surface area contributed by atoms with E-state index in [9.17, 15) is 4.79 Å². The molecule has 1 aliphatic carbocycles. The molecular weight excluding hydrogens is 251 g/mol. The molecule has 0 atom stereocenters. The number of carboxylic acid groups (broad SMARTS) is 1. The number of aryl methyl sites for hydroxylation is 1. The number of nitrogens with zero attached hydrogens (tertiary/aromatic N) is 2. The Morgan fingerprint density at radius 1 is 1.32 bits per heavy atom. The normalized spacial score (nSPS) is 13.2. The van der Waals surface area contributed by atoms with E-state index in [1.807, 2.05) is 22.9 Å². The predicted molar refractivity (Wildman–Crippen MR) is 73.9 cm³/mol. The summed E-state index contributed by atoms with van der Waals surface area (Å²) >= 11 is 0. The van der Waals surface area contributed by atoms with Crippen LogP contribution in [-0.4, -0.2) is 50.2 Å². The second-order valence-electron chi connectivity index (χ2n) is 4.32. The molecule has 0 bridgehead atoms. The molecule has 0 amide bonds. The van der Waals surface area contributed by atoms with Crippen molar-refractivity contribution in [3.05, 3.63) is 53.6 Å². The molecule has 19 heavy (non-hydrogen) atoms. The van der Waals surface area contributed by atoms with Crippen LogP contribution in [0.4, 0.5) is 0 Å². The van der Waals surface area contributed by atoms with Crippen molar-refractivity contribution in [1.82, 2.24) is 9.55 Å². The monoisotopic (exact) mass is 263 g/mol. The molecular formula is C14H12N2NaO2. The van der Waals surface area contributed by atoms with Crippen LogP contribution in [0.25, 0.3) is 11.8 Å². The quantitative estimate of drug-likeness (QED) is 0.845. The topological polar surface area (TPSA) is 55.1 Å². The summed E-state index contributed by atoms with van der Waals surface area (Å²) in [5.41, 5.74) is 3.66. The number of hydrogen-bond acceptors (Lipinski definition) is 2. The van der Waals surface area contributed by atoms with Gasteiger partial charge in [-0.3, -0.25) is 0 Å². The maximum atomic E-state index is 11.0. The van der Waals surface area contributed by atoms with Gasteiger partial charge in [-0.05, 0) is 42.2 Å². The van der Waals surface area contributed by atoms with Crippen molar-refractivity contribution in [2.24, 2.45) is 0 Å². The van der Waals surface area contributed by atoms with E-state index >= 15 is 0 Å². The van der Waals surface area contributed by atoms with Crippen molar-refractivity contribution >= 4 is 47.3 Å². The van der Waals surface area contributed by atoms with Gasteiger partial charge in [-0.1, -0.05) is 6.07 Å². The zero-order chi connectivity index (χ0) is 12.5. The molecule has 0 spiro atoms. The van der Waals surface area contributed by atoms with Crippen LogP contribution in [0.2, 0.25) is 0 Å². The van der Waals surface area contributed by atoms with E-state index in [2.05, 4.69) is 4.98 Å². The van der Waals surface area contributed by atoms with Crippen LogP contribution in [0.5, 0.6) is 0 Å². The predicted octanol–water partition coefficient (Wildman–Crippen LogP) is 2.14. The van der Waals surface area contributed by atoms with Crippen LogP contribution in [0.1, 0.15) is 27.9 Å². The van der Waals surface area contributed by atoms with E-state index in [4.69, 9.17) is 5.11 Å². The molecule has 1 heterocycles. The number of imidazole rings is 1. The zero-order valence-electron chi connectivity index (χ0n) is 10.7. The van der Waals surface area contributed by atoms with Crippen molar-refractivity contribution in [3.63, 3.8) is 0 Å². The van der Waals surface area contributed by atoms with E-state index in [1.165, 1.54) is 5.56 Å². The molecule has 4 nitrogen and oxygen atoms in total. The molecule has 0 saturated carbocycles. The number of carbonyl (C=O) groups is 1.